The van der Waals surface area contributed by atoms with Crippen molar-refractivity contribution in [2.75, 3.05) is 0 Å². The lowest BCUT2D eigenvalue weighted by molar-refractivity contribution is 1.44. The Morgan fingerprint density at radius 3 is 2.00 bits per heavy atom. The minimum atomic E-state index is 0.912. The van der Waals surface area contributed by atoms with Gasteiger partial charge in [0.25, 0.3) is 0 Å². The van der Waals surface area contributed by atoms with E-state index in [-0.39, 0.29) is 0 Å². The van der Waals surface area contributed by atoms with Crippen molar-refractivity contribution in [1.82, 2.24) is 0 Å². The van der Waals surface area contributed by atoms with Crippen LogP contribution >= 0.6 is 0 Å². The van der Waals surface area contributed by atoms with Crippen molar-refractivity contribution in [3.63, 3.8) is 0 Å². The molecule has 0 heterocycles. The third-order valence-corrected chi connectivity index (χ3v) is 4.08. The molecule has 0 atom stereocenters. The Hall–Kier alpha value is -2.93. The fraction of sp³-hybridized carbons (Fsp3) is 0.0870. The maximum absolute atomic E-state index is 4.96. The van der Waals surface area contributed by atoms with Gasteiger partial charge < -0.3 is 0 Å². The summed E-state index contributed by atoms with van der Waals surface area (Å²) >= 11 is 0. The normalized spacial score (nSPS) is 16.8. The average molecular weight is 311 g/mol. The number of nitrogens with zero attached hydrogens (tertiary/aromatic N) is 1. The lowest BCUT2D eigenvalue weighted by Crippen LogP contribution is -2.02. The minimum absolute atomic E-state index is 0.912. The molecule has 0 unspecified atom stereocenters. The minimum Gasteiger partial charge on any atom is -0.248 e. The first-order valence-electron chi connectivity index (χ1n) is 8.11. The highest BCUT2D eigenvalue weighted by molar-refractivity contribution is 6.14. The van der Waals surface area contributed by atoms with Crippen LogP contribution < -0.4 is 0 Å². The lowest BCUT2D eigenvalue weighted by Gasteiger charge is -2.13. The van der Waals surface area contributed by atoms with Crippen LogP contribution in [0.2, 0.25) is 0 Å². The van der Waals surface area contributed by atoms with E-state index in [0.29, 0.717) is 0 Å². The van der Waals surface area contributed by atoms with Crippen molar-refractivity contribution in [2.24, 2.45) is 4.99 Å². The highest BCUT2D eigenvalue weighted by atomic mass is 14.8. The van der Waals surface area contributed by atoms with Crippen molar-refractivity contribution >= 4 is 17.0 Å². The van der Waals surface area contributed by atoms with Gasteiger partial charge in [0.1, 0.15) is 0 Å². The summed E-state index contributed by atoms with van der Waals surface area (Å²) in [5.74, 6) is 0. The van der Waals surface area contributed by atoms with E-state index in [1.54, 1.807) is 0 Å². The number of hydrogen-bond donors (Lipinski definition) is 0. The van der Waals surface area contributed by atoms with Gasteiger partial charge in [-0.05, 0) is 36.6 Å². The summed E-state index contributed by atoms with van der Waals surface area (Å²) in [7, 11) is 0. The van der Waals surface area contributed by atoms with Gasteiger partial charge in [-0.15, -0.1) is 0 Å². The molecular weight excluding hydrogens is 290 g/mol. The summed E-state index contributed by atoms with van der Waals surface area (Å²) < 4.78 is 0. The maximum atomic E-state index is 4.96. The van der Waals surface area contributed by atoms with E-state index < -0.39 is 0 Å². The number of benzene rings is 2. The summed E-state index contributed by atoms with van der Waals surface area (Å²) in [6, 6.07) is 20.7. The van der Waals surface area contributed by atoms with Crippen molar-refractivity contribution in [1.29, 1.82) is 0 Å². The summed E-state index contributed by atoms with van der Waals surface area (Å²) in [6.45, 7) is 8.34. The fourth-order valence-electron chi connectivity index (χ4n) is 2.73. The van der Waals surface area contributed by atoms with Crippen LogP contribution in [0.1, 0.15) is 25.0 Å². The molecular formula is C23H21N. The molecule has 0 saturated carbocycles. The molecule has 24 heavy (non-hydrogen) atoms. The van der Waals surface area contributed by atoms with E-state index in [2.05, 4.69) is 69.0 Å². The first-order chi connectivity index (χ1) is 11.6. The Labute approximate surface area is 144 Å². The van der Waals surface area contributed by atoms with Crippen LogP contribution in [0, 0.1) is 0 Å². The number of allylic oxidation sites excluding steroid dienone is 6. The summed E-state index contributed by atoms with van der Waals surface area (Å²) in [5, 5.41) is 0. The Morgan fingerprint density at radius 1 is 0.833 bits per heavy atom. The van der Waals surface area contributed by atoms with E-state index in [1.165, 1.54) is 11.1 Å². The Kier molecular flexibility index (Phi) is 4.72. The highest BCUT2D eigenvalue weighted by Gasteiger charge is 2.10. The van der Waals surface area contributed by atoms with E-state index in [1.807, 2.05) is 30.3 Å². The van der Waals surface area contributed by atoms with Gasteiger partial charge in [-0.2, -0.15) is 0 Å². The summed E-state index contributed by atoms with van der Waals surface area (Å²) in [6.07, 6.45) is 6.19. The number of aliphatic imine (C=N–C) groups is 1. The second-order valence-electron chi connectivity index (χ2n) is 5.95. The molecule has 1 nitrogen and oxygen atoms in total. The molecule has 0 radical (unpaired) electrons. The van der Waals surface area contributed by atoms with Crippen LogP contribution in [0.4, 0.5) is 0 Å². The van der Waals surface area contributed by atoms with Crippen molar-refractivity contribution in [3.8, 4) is 0 Å². The van der Waals surface area contributed by atoms with Crippen molar-refractivity contribution < 1.29 is 0 Å². The van der Waals surface area contributed by atoms with E-state index >= 15 is 0 Å². The molecule has 0 spiro atoms. The molecule has 3 rings (SSSR count). The first-order valence-corrected chi connectivity index (χ1v) is 8.11. The van der Waals surface area contributed by atoms with E-state index in [9.17, 15) is 0 Å². The third kappa shape index (κ3) is 3.52. The van der Waals surface area contributed by atoms with Gasteiger partial charge in [-0.1, -0.05) is 85.0 Å². The van der Waals surface area contributed by atoms with Gasteiger partial charge in [-0.25, -0.2) is 4.99 Å². The lowest BCUT2D eigenvalue weighted by atomic mass is 9.99. The van der Waals surface area contributed by atoms with Crippen LogP contribution in [-0.2, 0) is 0 Å². The SMILES string of the molecule is C=C1C=C(C)C=C/C1=N/C(=C(\C)c1ccccc1)c1ccccc1. The van der Waals surface area contributed by atoms with Crippen LogP contribution in [-0.4, -0.2) is 5.71 Å². The molecule has 0 aromatic heterocycles. The number of hydrogen-bond acceptors (Lipinski definition) is 1. The summed E-state index contributed by atoms with van der Waals surface area (Å²) in [5.41, 5.74) is 7.48. The van der Waals surface area contributed by atoms with Crippen LogP contribution in [0.25, 0.3) is 11.3 Å². The monoisotopic (exact) mass is 311 g/mol. The molecule has 0 N–H and O–H groups in total. The zero-order valence-corrected chi connectivity index (χ0v) is 14.2. The second kappa shape index (κ2) is 7.10. The molecule has 1 aliphatic carbocycles. The molecule has 0 aliphatic heterocycles. The summed E-state index contributed by atoms with van der Waals surface area (Å²) in [4.78, 5) is 4.96. The van der Waals surface area contributed by atoms with Crippen LogP contribution in [0.15, 0.2) is 102 Å². The van der Waals surface area contributed by atoms with Crippen LogP contribution in [0.3, 0.4) is 0 Å². The topological polar surface area (TPSA) is 12.4 Å². The maximum Gasteiger partial charge on any atom is 0.0744 e. The van der Waals surface area contributed by atoms with Crippen LogP contribution in [0.5, 0.6) is 0 Å². The van der Waals surface area contributed by atoms with Crippen molar-refractivity contribution in [2.45, 2.75) is 13.8 Å². The second-order valence-corrected chi connectivity index (χ2v) is 5.95. The third-order valence-electron chi connectivity index (χ3n) is 4.08. The van der Waals surface area contributed by atoms with E-state index in [4.69, 9.17) is 4.99 Å². The smallest absolute Gasteiger partial charge is 0.0744 e. The molecule has 0 saturated heterocycles. The molecule has 0 fully saturated rings. The first kappa shape index (κ1) is 15.9. The van der Waals surface area contributed by atoms with Gasteiger partial charge in [0.15, 0.2) is 0 Å². The Morgan fingerprint density at radius 2 is 1.42 bits per heavy atom. The largest absolute Gasteiger partial charge is 0.248 e. The predicted molar refractivity (Wildman–Crippen MR) is 105 cm³/mol. The Balaban J connectivity index is 2.15. The van der Waals surface area contributed by atoms with Crippen molar-refractivity contribution in [3.05, 3.63) is 108 Å². The standard InChI is InChI=1S/C23H21N/c1-17-14-15-22(18(2)16-17)24-23(21-12-8-5-9-13-21)19(3)20-10-6-4-7-11-20/h4-16H,2H2,1,3H3/b23-19+,24-22-. The number of rotatable bonds is 3. The van der Waals surface area contributed by atoms with Gasteiger partial charge in [0.2, 0.25) is 0 Å². The molecule has 118 valence electrons. The molecule has 2 aromatic carbocycles. The van der Waals surface area contributed by atoms with Gasteiger partial charge in [-0.3, -0.25) is 0 Å². The average Bonchev–Trinajstić information content (AvgIpc) is 2.62. The highest BCUT2D eigenvalue weighted by Crippen LogP contribution is 2.28. The van der Waals surface area contributed by atoms with E-state index in [0.717, 1.165) is 28.1 Å². The molecule has 1 aliphatic rings. The fourth-order valence-corrected chi connectivity index (χ4v) is 2.73. The molecule has 0 amide bonds. The quantitative estimate of drug-likeness (QED) is 0.608. The zero-order chi connectivity index (χ0) is 16.9. The zero-order valence-electron chi connectivity index (χ0n) is 14.2. The molecule has 0 bridgehead atoms. The van der Waals surface area contributed by atoms with Gasteiger partial charge in [0, 0.05) is 5.56 Å². The van der Waals surface area contributed by atoms with Gasteiger partial charge >= 0.3 is 0 Å². The predicted octanol–water partition coefficient (Wildman–Crippen LogP) is 6.09. The molecule has 1 heteroatoms. The van der Waals surface area contributed by atoms with Gasteiger partial charge in [0.05, 0.1) is 11.4 Å². The Bertz CT molecular complexity index is 863. The molecule has 2 aromatic rings.